The number of nitrogens with zero attached hydrogens (tertiary/aromatic N) is 4. The summed E-state index contributed by atoms with van der Waals surface area (Å²) in [5, 5.41) is 4.12. The first-order valence-electron chi connectivity index (χ1n) is 3.86. The van der Waals surface area contributed by atoms with Crippen LogP contribution in [0.15, 0.2) is 29.4 Å². The number of rotatable bonds is 2. The Morgan fingerprint density at radius 1 is 1.43 bits per heavy atom. The number of halogens is 2. The lowest BCUT2D eigenvalue weighted by molar-refractivity contribution is 0.826. The van der Waals surface area contributed by atoms with Crippen molar-refractivity contribution in [3.63, 3.8) is 0 Å². The summed E-state index contributed by atoms with van der Waals surface area (Å²) in [5.74, 6) is 1.08. The minimum atomic E-state index is 0.369. The molecule has 0 saturated carbocycles. The van der Waals surface area contributed by atoms with Crippen LogP contribution in [0.5, 0.6) is 0 Å². The number of hydrogen-bond donors (Lipinski definition) is 0. The zero-order valence-corrected chi connectivity index (χ0v) is 9.40. The van der Waals surface area contributed by atoms with Crippen molar-refractivity contribution in [2.45, 2.75) is 5.88 Å². The third-order valence-corrected chi connectivity index (χ3v) is 2.37. The van der Waals surface area contributed by atoms with Crippen LogP contribution in [0.1, 0.15) is 5.56 Å². The summed E-state index contributed by atoms with van der Waals surface area (Å²) >= 11 is 9.07. The summed E-state index contributed by atoms with van der Waals surface area (Å²) in [6.45, 7) is 0. The minimum Gasteiger partial charge on any atom is -0.244 e. The van der Waals surface area contributed by atoms with Crippen molar-refractivity contribution >= 4 is 27.5 Å². The van der Waals surface area contributed by atoms with Gasteiger partial charge in [0, 0.05) is 18.0 Å². The largest absolute Gasteiger partial charge is 0.244 e. The summed E-state index contributed by atoms with van der Waals surface area (Å²) < 4.78 is 2.56. The van der Waals surface area contributed by atoms with Crippen molar-refractivity contribution < 1.29 is 0 Å². The van der Waals surface area contributed by atoms with Gasteiger partial charge in [0.2, 0.25) is 0 Å². The van der Waals surface area contributed by atoms with E-state index in [2.05, 4.69) is 31.0 Å². The van der Waals surface area contributed by atoms with Gasteiger partial charge in [-0.3, -0.25) is 0 Å². The summed E-state index contributed by atoms with van der Waals surface area (Å²) in [6, 6.07) is 0. The summed E-state index contributed by atoms with van der Waals surface area (Å²) in [4.78, 5) is 8.02. The van der Waals surface area contributed by atoms with E-state index in [9.17, 15) is 0 Å². The Labute approximate surface area is 94.1 Å². The van der Waals surface area contributed by atoms with Crippen molar-refractivity contribution in [1.29, 1.82) is 0 Å². The lowest BCUT2D eigenvalue weighted by Gasteiger charge is -2.03. The van der Waals surface area contributed by atoms with Gasteiger partial charge in [-0.1, -0.05) is 0 Å². The van der Waals surface area contributed by atoms with E-state index in [-0.39, 0.29) is 0 Å². The molecule has 2 aromatic heterocycles. The highest BCUT2D eigenvalue weighted by Crippen LogP contribution is 2.14. The van der Waals surface area contributed by atoms with Crippen molar-refractivity contribution in [1.82, 2.24) is 19.7 Å². The van der Waals surface area contributed by atoms with Gasteiger partial charge in [-0.2, -0.15) is 5.10 Å². The van der Waals surface area contributed by atoms with Crippen LogP contribution in [0.2, 0.25) is 0 Å². The molecule has 0 radical (unpaired) electrons. The molecule has 0 atom stereocenters. The Balaban J connectivity index is 2.50. The molecule has 2 rings (SSSR count). The van der Waals surface area contributed by atoms with Crippen LogP contribution < -0.4 is 0 Å². The van der Waals surface area contributed by atoms with Crippen LogP contribution >= 0.6 is 27.5 Å². The molecule has 0 saturated heterocycles. The molecule has 0 N–H and O–H groups in total. The van der Waals surface area contributed by atoms with Crippen LogP contribution in [-0.4, -0.2) is 19.7 Å². The normalized spacial score (nSPS) is 10.4. The molecule has 72 valence electrons. The van der Waals surface area contributed by atoms with E-state index >= 15 is 0 Å². The Kier molecular flexibility index (Phi) is 2.79. The molecule has 0 aliphatic carbocycles. The molecule has 6 heteroatoms. The number of aromatic nitrogens is 4. The Morgan fingerprint density at radius 3 is 2.93 bits per heavy atom. The molecule has 2 aromatic rings. The first-order valence-corrected chi connectivity index (χ1v) is 5.19. The molecule has 0 aromatic carbocycles. The second-order valence-electron chi connectivity index (χ2n) is 2.61. The van der Waals surface area contributed by atoms with Gasteiger partial charge in [0.05, 0.1) is 16.5 Å². The second kappa shape index (κ2) is 4.06. The third kappa shape index (κ3) is 1.78. The molecular weight excluding hydrogens is 267 g/mol. The van der Waals surface area contributed by atoms with Gasteiger partial charge >= 0.3 is 0 Å². The van der Waals surface area contributed by atoms with Crippen LogP contribution in [0.25, 0.3) is 5.82 Å². The molecule has 0 aliphatic heterocycles. The van der Waals surface area contributed by atoms with Crippen molar-refractivity contribution in [2.75, 3.05) is 0 Å². The Bertz CT molecular complexity index is 442. The SMILES string of the molecule is ClCc1cncnc1-n1cc(Br)cn1. The molecule has 0 unspecified atom stereocenters. The molecule has 0 fully saturated rings. The zero-order chi connectivity index (χ0) is 9.97. The smallest absolute Gasteiger partial charge is 0.161 e. The fraction of sp³-hybridized carbons (Fsp3) is 0.125. The van der Waals surface area contributed by atoms with Crippen LogP contribution in [0.4, 0.5) is 0 Å². The van der Waals surface area contributed by atoms with Crippen LogP contribution in [-0.2, 0) is 5.88 Å². The van der Waals surface area contributed by atoms with E-state index in [4.69, 9.17) is 11.6 Å². The van der Waals surface area contributed by atoms with Crippen molar-refractivity contribution in [3.05, 3.63) is 35.0 Å². The lowest BCUT2D eigenvalue weighted by atomic mass is 10.3. The predicted molar refractivity (Wildman–Crippen MR) is 56.4 cm³/mol. The van der Waals surface area contributed by atoms with Gasteiger partial charge in [0.25, 0.3) is 0 Å². The fourth-order valence-corrected chi connectivity index (χ4v) is 1.54. The summed E-state index contributed by atoms with van der Waals surface area (Å²) in [6.07, 6.45) is 6.67. The Morgan fingerprint density at radius 2 is 2.29 bits per heavy atom. The van der Waals surface area contributed by atoms with E-state index in [1.165, 1.54) is 6.33 Å². The lowest BCUT2D eigenvalue weighted by Crippen LogP contribution is -2.02. The predicted octanol–water partition coefficient (Wildman–Crippen LogP) is 2.16. The first kappa shape index (κ1) is 9.61. The molecule has 0 spiro atoms. The maximum Gasteiger partial charge on any atom is 0.161 e. The maximum absolute atomic E-state index is 5.76. The standard InChI is InChI=1S/C8H6BrClN4/c9-7-3-13-14(4-7)8-6(1-10)2-11-5-12-8/h2-5H,1H2. The van der Waals surface area contributed by atoms with Crippen LogP contribution in [0.3, 0.4) is 0 Å². The first-order chi connectivity index (χ1) is 6.81. The van der Waals surface area contributed by atoms with Gasteiger partial charge in [-0.05, 0) is 15.9 Å². The topological polar surface area (TPSA) is 43.6 Å². The summed E-state index contributed by atoms with van der Waals surface area (Å²) in [7, 11) is 0. The van der Waals surface area contributed by atoms with E-state index in [0.29, 0.717) is 11.7 Å². The third-order valence-electron chi connectivity index (χ3n) is 1.68. The van der Waals surface area contributed by atoms with Gasteiger partial charge in [-0.15, -0.1) is 11.6 Å². The molecule has 2 heterocycles. The Hall–Kier alpha value is -0.940. The van der Waals surface area contributed by atoms with Gasteiger partial charge < -0.3 is 0 Å². The highest BCUT2D eigenvalue weighted by atomic mass is 79.9. The molecule has 14 heavy (non-hydrogen) atoms. The molecule has 0 amide bonds. The van der Waals surface area contributed by atoms with Gasteiger partial charge in [0.15, 0.2) is 5.82 Å². The highest BCUT2D eigenvalue weighted by Gasteiger charge is 2.05. The highest BCUT2D eigenvalue weighted by molar-refractivity contribution is 9.10. The molecule has 0 bridgehead atoms. The fourth-order valence-electron chi connectivity index (χ4n) is 1.07. The number of alkyl halides is 1. The zero-order valence-electron chi connectivity index (χ0n) is 7.06. The van der Waals surface area contributed by atoms with E-state index < -0.39 is 0 Å². The molecular formula is C8H6BrClN4. The van der Waals surface area contributed by atoms with Crippen molar-refractivity contribution in [3.8, 4) is 5.82 Å². The van der Waals surface area contributed by atoms with Crippen molar-refractivity contribution in [2.24, 2.45) is 0 Å². The average Bonchev–Trinajstić information content (AvgIpc) is 2.65. The summed E-state index contributed by atoms with van der Waals surface area (Å²) in [5.41, 5.74) is 0.852. The van der Waals surface area contributed by atoms with Gasteiger partial charge in [-0.25, -0.2) is 14.6 Å². The van der Waals surface area contributed by atoms with E-state index in [1.807, 2.05) is 6.20 Å². The maximum atomic E-state index is 5.76. The number of hydrogen-bond acceptors (Lipinski definition) is 3. The van der Waals surface area contributed by atoms with Crippen LogP contribution in [0, 0.1) is 0 Å². The second-order valence-corrected chi connectivity index (χ2v) is 3.79. The van der Waals surface area contributed by atoms with E-state index in [0.717, 1.165) is 10.0 Å². The monoisotopic (exact) mass is 272 g/mol. The average molecular weight is 274 g/mol. The molecule has 4 nitrogen and oxygen atoms in total. The van der Waals surface area contributed by atoms with E-state index in [1.54, 1.807) is 17.1 Å². The quantitative estimate of drug-likeness (QED) is 0.788. The van der Waals surface area contributed by atoms with Gasteiger partial charge in [0.1, 0.15) is 6.33 Å². The minimum absolute atomic E-state index is 0.369. The molecule has 0 aliphatic rings.